The van der Waals surface area contributed by atoms with E-state index in [4.69, 9.17) is 5.73 Å². The zero-order valence-corrected chi connectivity index (χ0v) is 15.0. The van der Waals surface area contributed by atoms with Gasteiger partial charge in [-0.3, -0.25) is 0 Å². The minimum absolute atomic E-state index is 0.0138. The Labute approximate surface area is 146 Å². The Morgan fingerprint density at radius 3 is 2.67 bits per heavy atom. The molecule has 3 rings (SSSR count). The van der Waals surface area contributed by atoms with E-state index in [0.717, 1.165) is 19.5 Å². The number of nitrogens with zero attached hydrogens (tertiary/aromatic N) is 1. The molecular weight excluding hydrogens is 294 g/mol. The summed E-state index contributed by atoms with van der Waals surface area (Å²) in [6.07, 6.45) is 6.76. The van der Waals surface area contributed by atoms with E-state index in [1.54, 1.807) is 0 Å². The van der Waals surface area contributed by atoms with Crippen molar-refractivity contribution in [2.24, 2.45) is 18.7 Å². The normalized spacial score (nSPS) is 22.5. The minimum atomic E-state index is -0.0138. The summed E-state index contributed by atoms with van der Waals surface area (Å²) in [5.74, 6) is 0.611. The molecule has 1 aromatic heterocycles. The molecule has 1 aromatic carbocycles. The molecule has 130 valence electrons. The zero-order chi connectivity index (χ0) is 17.0. The number of nitrogens with two attached hydrogens (primary N) is 1. The number of aryl methyl sites for hydroxylation is 1. The van der Waals surface area contributed by atoms with Crippen molar-refractivity contribution in [2.75, 3.05) is 13.1 Å². The van der Waals surface area contributed by atoms with E-state index < -0.39 is 0 Å². The van der Waals surface area contributed by atoms with Gasteiger partial charge in [0.2, 0.25) is 0 Å². The lowest BCUT2D eigenvalue weighted by atomic mass is 9.65. The molecule has 0 radical (unpaired) electrons. The predicted molar refractivity (Wildman–Crippen MR) is 101 cm³/mol. The average molecular weight is 326 g/mol. The Hall–Kier alpha value is -1.58. The van der Waals surface area contributed by atoms with E-state index in [-0.39, 0.29) is 11.5 Å². The lowest BCUT2D eigenvalue weighted by Crippen LogP contribution is -2.51. The minimum Gasteiger partial charge on any atom is -0.354 e. The van der Waals surface area contributed by atoms with E-state index in [2.05, 4.69) is 72.5 Å². The molecule has 3 unspecified atom stereocenters. The molecule has 0 aliphatic carbocycles. The first kappa shape index (κ1) is 17.2. The highest BCUT2D eigenvalue weighted by molar-refractivity contribution is 5.26. The van der Waals surface area contributed by atoms with E-state index >= 15 is 0 Å². The molecule has 3 N–H and O–H groups in total. The summed E-state index contributed by atoms with van der Waals surface area (Å²) in [5.41, 5.74) is 9.58. The molecule has 0 bridgehead atoms. The van der Waals surface area contributed by atoms with Crippen molar-refractivity contribution in [3.8, 4) is 0 Å². The van der Waals surface area contributed by atoms with Gasteiger partial charge in [0.05, 0.1) is 0 Å². The topological polar surface area (TPSA) is 43.0 Å². The van der Waals surface area contributed by atoms with Gasteiger partial charge in [-0.25, -0.2) is 0 Å². The molecule has 0 amide bonds. The van der Waals surface area contributed by atoms with Crippen LogP contribution < -0.4 is 11.1 Å². The van der Waals surface area contributed by atoms with Crippen LogP contribution in [-0.2, 0) is 18.9 Å². The quantitative estimate of drug-likeness (QED) is 0.886. The van der Waals surface area contributed by atoms with Gasteiger partial charge < -0.3 is 15.6 Å². The Kier molecular flexibility index (Phi) is 5.42. The first-order chi connectivity index (χ1) is 11.6. The Morgan fingerprint density at radius 2 is 1.96 bits per heavy atom. The third kappa shape index (κ3) is 3.42. The molecule has 1 fully saturated rings. The smallest absolute Gasteiger partial charge is 0.0260 e. The Morgan fingerprint density at radius 1 is 1.17 bits per heavy atom. The second-order valence-electron chi connectivity index (χ2n) is 7.46. The van der Waals surface area contributed by atoms with E-state index in [1.165, 1.54) is 30.5 Å². The number of hydrogen-bond acceptors (Lipinski definition) is 2. The van der Waals surface area contributed by atoms with Gasteiger partial charge >= 0.3 is 0 Å². The second kappa shape index (κ2) is 7.54. The van der Waals surface area contributed by atoms with Crippen molar-refractivity contribution < 1.29 is 0 Å². The number of rotatable bonds is 5. The third-order valence-electron chi connectivity index (χ3n) is 5.99. The van der Waals surface area contributed by atoms with Crippen LogP contribution in [0.5, 0.6) is 0 Å². The largest absolute Gasteiger partial charge is 0.354 e. The Bertz CT molecular complexity index is 626. The van der Waals surface area contributed by atoms with E-state index in [0.29, 0.717) is 5.92 Å². The maximum atomic E-state index is 6.89. The lowest BCUT2D eigenvalue weighted by Gasteiger charge is -2.43. The molecule has 1 aliphatic heterocycles. The van der Waals surface area contributed by atoms with E-state index in [9.17, 15) is 0 Å². The summed E-state index contributed by atoms with van der Waals surface area (Å²) in [6, 6.07) is 15.2. The molecule has 3 heteroatoms. The molecule has 2 aromatic rings. The first-order valence-corrected chi connectivity index (χ1v) is 9.24. The van der Waals surface area contributed by atoms with Gasteiger partial charge in [-0.1, -0.05) is 37.3 Å². The molecule has 3 atom stereocenters. The van der Waals surface area contributed by atoms with Gasteiger partial charge in [0.15, 0.2) is 0 Å². The summed E-state index contributed by atoms with van der Waals surface area (Å²) >= 11 is 0. The van der Waals surface area contributed by atoms with Gasteiger partial charge in [-0.05, 0) is 62.4 Å². The van der Waals surface area contributed by atoms with Crippen LogP contribution in [0.2, 0.25) is 0 Å². The number of nitrogens with one attached hydrogen (secondary N) is 1. The molecule has 0 spiro atoms. The monoisotopic (exact) mass is 325 g/mol. The van der Waals surface area contributed by atoms with Crippen molar-refractivity contribution in [1.82, 2.24) is 9.88 Å². The molecule has 2 heterocycles. The molecule has 24 heavy (non-hydrogen) atoms. The number of benzene rings is 1. The number of aromatic nitrogens is 1. The highest BCUT2D eigenvalue weighted by atomic mass is 15.0. The molecule has 1 saturated heterocycles. The summed E-state index contributed by atoms with van der Waals surface area (Å²) in [4.78, 5) is 0. The summed E-state index contributed by atoms with van der Waals surface area (Å²) < 4.78 is 2.27. The van der Waals surface area contributed by atoms with E-state index in [1.807, 2.05) is 0 Å². The SMILES string of the molecule is Cn1cccc1C(C)(C(N)Cc1ccccc1)C1CCCNCC1. The standard InChI is InChI=1S/C21H31N3/c1-21(20-11-7-15-24(20)2,18-10-6-13-23-14-12-18)19(22)16-17-8-4-3-5-9-17/h3-5,7-9,11,15,18-19,23H,6,10,12-14,16,22H2,1-2H3. The van der Waals surface area contributed by atoms with Crippen molar-refractivity contribution in [3.63, 3.8) is 0 Å². The summed E-state index contributed by atoms with van der Waals surface area (Å²) in [6.45, 7) is 4.63. The van der Waals surface area contributed by atoms with Gasteiger partial charge in [0.1, 0.15) is 0 Å². The molecule has 3 nitrogen and oxygen atoms in total. The van der Waals surface area contributed by atoms with Gasteiger partial charge in [0, 0.05) is 30.4 Å². The average Bonchev–Trinajstić information content (AvgIpc) is 2.86. The van der Waals surface area contributed by atoms with Crippen LogP contribution in [0.1, 0.15) is 37.4 Å². The lowest BCUT2D eigenvalue weighted by molar-refractivity contribution is 0.209. The van der Waals surface area contributed by atoms with Crippen LogP contribution in [0, 0.1) is 5.92 Å². The molecular formula is C21H31N3. The van der Waals surface area contributed by atoms with Crippen LogP contribution in [0.15, 0.2) is 48.7 Å². The Balaban J connectivity index is 1.93. The molecule has 0 saturated carbocycles. The second-order valence-corrected chi connectivity index (χ2v) is 7.46. The van der Waals surface area contributed by atoms with Gasteiger partial charge in [0.25, 0.3) is 0 Å². The van der Waals surface area contributed by atoms with Crippen LogP contribution >= 0.6 is 0 Å². The van der Waals surface area contributed by atoms with Gasteiger partial charge in [-0.2, -0.15) is 0 Å². The highest BCUT2D eigenvalue weighted by Gasteiger charge is 2.42. The number of hydrogen-bond donors (Lipinski definition) is 2. The summed E-state index contributed by atoms with van der Waals surface area (Å²) in [7, 11) is 2.15. The van der Waals surface area contributed by atoms with Crippen molar-refractivity contribution in [2.45, 2.75) is 44.1 Å². The van der Waals surface area contributed by atoms with Crippen molar-refractivity contribution in [1.29, 1.82) is 0 Å². The fraction of sp³-hybridized carbons (Fsp3) is 0.524. The van der Waals surface area contributed by atoms with Crippen LogP contribution in [0.25, 0.3) is 0 Å². The molecule has 1 aliphatic rings. The maximum Gasteiger partial charge on any atom is 0.0260 e. The van der Waals surface area contributed by atoms with Crippen LogP contribution in [-0.4, -0.2) is 23.7 Å². The van der Waals surface area contributed by atoms with Crippen molar-refractivity contribution in [3.05, 3.63) is 59.9 Å². The third-order valence-corrected chi connectivity index (χ3v) is 5.99. The summed E-state index contributed by atoms with van der Waals surface area (Å²) in [5, 5.41) is 3.55. The fourth-order valence-corrected chi connectivity index (χ4v) is 4.42. The maximum absolute atomic E-state index is 6.89. The predicted octanol–water partition coefficient (Wildman–Crippen LogP) is 3.24. The first-order valence-electron chi connectivity index (χ1n) is 9.24. The van der Waals surface area contributed by atoms with Crippen LogP contribution in [0.4, 0.5) is 0 Å². The fourth-order valence-electron chi connectivity index (χ4n) is 4.42. The zero-order valence-electron chi connectivity index (χ0n) is 15.0. The highest BCUT2D eigenvalue weighted by Crippen LogP contribution is 2.41. The van der Waals surface area contributed by atoms with Crippen LogP contribution in [0.3, 0.4) is 0 Å². The van der Waals surface area contributed by atoms with Crippen molar-refractivity contribution >= 4 is 0 Å². The van der Waals surface area contributed by atoms with Gasteiger partial charge in [-0.15, -0.1) is 0 Å².